The number of fused-ring (bicyclic) bond motifs is 2. The van der Waals surface area contributed by atoms with Crippen molar-refractivity contribution in [2.45, 2.75) is 68.4 Å². The van der Waals surface area contributed by atoms with Crippen LogP contribution in [-0.2, 0) is 24.2 Å². The van der Waals surface area contributed by atoms with Gasteiger partial charge in [-0.05, 0) is 92.4 Å². The number of sulfone groups is 1. The number of rotatable bonds is 11. The average molecular weight is 808 g/mol. The molecule has 0 radical (unpaired) electrons. The molecule has 2 fully saturated rings. The van der Waals surface area contributed by atoms with Crippen LogP contribution < -0.4 is 30.8 Å². The van der Waals surface area contributed by atoms with Gasteiger partial charge < -0.3 is 30.0 Å². The van der Waals surface area contributed by atoms with E-state index in [4.69, 9.17) is 4.99 Å². The summed E-state index contributed by atoms with van der Waals surface area (Å²) in [5, 5.41) is 19.0. The molecule has 5 heterocycles. The number of allylic oxidation sites excluding steroid dienone is 2. The second-order valence-electron chi connectivity index (χ2n) is 15.5. The molecule has 4 N–H and O–H groups in total. The molecule has 3 unspecified atom stereocenters. The minimum atomic E-state index is -3.29. The van der Waals surface area contributed by atoms with Crippen LogP contribution in [-0.4, -0.2) is 104 Å². The largest absolute Gasteiger partial charge is 0.368 e. The van der Waals surface area contributed by atoms with Crippen molar-refractivity contribution in [3.63, 3.8) is 0 Å². The van der Waals surface area contributed by atoms with Crippen LogP contribution in [0.3, 0.4) is 0 Å². The quantitative estimate of drug-likeness (QED) is 0.164. The molecule has 3 aromatic carbocycles. The summed E-state index contributed by atoms with van der Waals surface area (Å²) in [6.07, 6.45) is 9.52. The highest BCUT2D eigenvalue weighted by atomic mass is 32.2. The maximum Gasteiger partial charge on any atom is 0.249 e. The lowest BCUT2D eigenvalue weighted by molar-refractivity contribution is -0.134. The number of aliphatic hydroxyl groups is 1. The smallest absolute Gasteiger partial charge is 0.249 e. The molecule has 0 aromatic heterocycles. The number of unbranched alkanes of at least 4 members (excludes halogenated alkanes) is 2. The summed E-state index contributed by atoms with van der Waals surface area (Å²) in [6.45, 7) is 5.36. The van der Waals surface area contributed by atoms with E-state index in [-0.39, 0.29) is 29.0 Å². The molecule has 0 aliphatic carbocycles. The van der Waals surface area contributed by atoms with Crippen LogP contribution in [0.5, 0.6) is 0 Å². The van der Waals surface area contributed by atoms with E-state index in [1.165, 1.54) is 6.26 Å². The normalized spacial score (nSPS) is 22.9. The van der Waals surface area contributed by atoms with E-state index < -0.39 is 27.9 Å². The fourth-order valence-corrected chi connectivity index (χ4v) is 8.95. The Morgan fingerprint density at radius 2 is 1.67 bits per heavy atom. The number of amides is 3. The van der Waals surface area contributed by atoms with Crippen LogP contribution in [0, 0.1) is 0 Å². The summed E-state index contributed by atoms with van der Waals surface area (Å²) < 4.78 is 23.9. The molecule has 0 spiro atoms. The third-order valence-corrected chi connectivity index (χ3v) is 12.6. The van der Waals surface area contributed by atoms with Crippen LogP contribution in [0.2, 0.25) is 0 Å². The van der Waals surface area contributed by atoms with E-state index in [2.05, 4.69) is 33.1 Å². The van der Waals surface area contributed by atoms with Crippen LogP contribution in [0.4, 0.5) is 22.7 Å². The first kappa shape index (κ1) is 39.0. The molecule has 8 rings (SSSR count). The average Bonchev–Trinajstić information content (AvgIpc) is 3.70. The Morgan fingerprint density at radius 1 is 0.948 bits per heavy atom. The van der Waals surface area contributed by atoms with Crippen LogP contribution in [0.1, 0.15) is 51.0 Å². The number of benzene rings is 3. The number of carbonyl (C=O) groups excluding carboxylic acids is 3. The molecule has 5 aliphatic heterocycles. The van der Waals surface area contributed by atoms with Crippen LogP contribution in [0.15, 0.2) is 101 Å². The Kier molecular flexibility index (Phi) is 10.6. The van der Waals surface area contributed by atoms with Crippen molar-refractivity contribution < 1.29 is 27.9 Å². The van der Waals surface area contributed by atoms with E-state index in [1.807, 2.05) is 76.4 Å². The van der Waals surface area contributed by atoms with Crippen molar-refractivity contribution in [1.29, 1.82) is 0 Å². The zero-order valence-electron chi connectivity index (χ0n) is 32.7. The third-order valence-electron chi connectivity index (χ3n) is 11.5. The number of para-hydroxylation sites is 2. The zero-order chi connectivity index (χ0) is 40.6. The summed E-state index contributed by atoms with van der Waals surface area (Å²) in [5.41, 5.74) is 8.01. The van der Waals surface area contributed by atoms with Gasteiger partial charge in [-0.25, -0.2) is 13.4 Å². The first-order valence-electron chi connectivity index (χ1n) is 19.8. The van der Waals surface area contributed by atoms with Crippen molar-refractivity contribution in [2.75, 3.05) is 59.0 Å². The van der Waals surface area contributed by atoms with Crippen molar-refractivity contribution >= 4 is 62.0 Å². The molecule has 0 saturated carbocycles. The van der Waals surface area contributed by atoms with Gasteiger partial charge in [0, 0.05) is 63.2 Å². The minimum absolute atomic E-state index is 0.156. The number of aliphatic hydroxyl groups excluding tert-OH is 1. The fourth-order valence-electron chi connectivity index (χ4n) is 8.32. The number of hydrazine groups is 1. The Hall–Kier alpha value is -5.87. The summed E-state index contributed by atoms with van der Waals surface area (Å²) in [7, 11) is -3.29. The second-order valence-corrected chi connectivity index (χ2v) is 17.5. The van der Waals surface area contributed by atoms with Crippen molar-refractivity contribution in [3.05, 3.63) is 96.6 Å². The Balaban J connectivity index is 0.774. The molecular formula is C42H49N9O6S. The highest BCUT2D eigenvalue weighted by Gasteiger charge is 2.43. The van der Waals surface area contributed by atoms with Gasteiger partial charge in [-0.2, -0.15) is 0 Å². The lowest BCUT2D eigenvalue weighted by Gasteiger charge is -2.36. The number of hydrogen-bond acceptors (Lipinski definition) is 13. The molecular weight excluding hydrogens is 759 g/mol. The van der Waals surface area contributed by atoms with E-state index in [9.17, 15) is 27.9 Å². The Labute approximate surface area is 338 Å². The number of anilines is 4. The number of aliphatic imine (C=N–C) groups is 1. The molecule has 16 heteroatoms. The minimum Gasteiger partial charge on any atom is -0.368 e. The molecule has 3 aromatic rings. The van der Waals surface area contributed by atoms with Gasteiger partial charge in [0.2, 0.25) is 30.0 Å². The summed E-state index contributed by atoms with van der Waals surface area (Å²) in [5.74, 6) is 0.0666. The molecule has 3 amide bonds. The van der Waals surface area contributed by atoms with Gasteiger partial charge in [-0.15, -0.1) is 0 Å². The number of guanidine groups is 1. The zero-order valence-corrected chi connectivity index (χ0v) is 33.5. The highest BCUT2D eigenvalue weighted by molar-refractivity contribution is 7.90. The number of piperidine rings is 1. The van der Waals surface area contributed by atoms with Gasteiger partial charge in [0.25, 0.3) is 0 Å². The molecule has 3 atom stereocenters. The van der Waals surface area contributed by atoms with Crippen molar-refractivity contribution in [1.82, 2.24) is 20.7 Å². The van der Waals surface area contributed by atoms with Gasteiger partial charge >= 0.3 is 0 Å². The van der Waals surface area contributed by atoms with Gasteiger partial charge in [0.05, 0.1) is 22.0 Å². The van der Waals surface area contributed by atoms with Gasteiger partial charge in [-0.3, -0.25) is 30.1 Å². The Bertz CT molecular complexity index is 2270. The van der Waals surface area contributed by atoms with Crippen LogP contribution in [0.25, 0.3) is 5.70 Å². The predicted molar refractivity (Wildman–Crippen MR) is 223 cm³/mol. The predicted octanol–water partition coefficient (Wildman–Crippen LogP) is 3.62. The Morgan fingerprint density at radius 3 is 2.38 bits per heavy atom. The fraction of sp³-hybridized carbons (Fsp3) is 0.381. The van der Waals surface area contributed by atoms with Crippen LogP contribution >= 0.6 is 0 Å². The summed E-state index contributed by atoms with van der Waals surface area (Å²) in [6, 6.07) is 22.0. The van der Waals surface area contributed by atoms with Crippen molar-refractivity contribution in [3.8, 4) is 0 Å². The summed E-state index contributed by atoms with van der Waals surface area (Å²) >= 11 is 0. The third kappa shape index (κ3) is 7.85. The SMILES string of the molecule is CC12C=CC=C(c3ccc(S(C)(=O)=O)cc3)N1NC(Nc1ccc(N3CCN(C(=O)CCCCCN4c5ccccc5N(C5CCC(=O)NC5=O)C4O)CC3)cc1)=N2. The molecule has 15 nitrogen and oxygen atoms in total. The molecule has 5 aliphatic rings. The van der Waals surface area contributed by atoms with Crippen molar-refractivity contribution in [2.24, 2.45) is 4.99 Å². The van der Waals surface area contributed by atoms with Gasteiger partial charge in [-0.1, -0.05) is 36.8 Å². The molecule has 58 heavy (non-hydrogen) atoms. The molecule has 304 valence electrons. The van der Waals surface area contributed by atoms with E-state index in [0.717, 1.165) is 66.4 Å². The second kappa shape index (κ2) is 15.8. The van der Waals surface area contributed by atoms with Gasteiger partial charge in [0.15, 0.2) is 15.5 Å². The number of carbonyl (C=O) groups is 3. The maximum absolute atomic E-state index is 13.2. The first-order chi connectivity index (χ1) is 27.9. The number of imide groups is 1. The number of hydrogen-bond donors (Lipinski definition) is 4. The topological polar surface area (TPSA) is 170 Å². The number of nitrogens with one attached hydrogen (secondary N) is 3. The molecule has 2 saturated heterocycles. The maximum atomic E-state index is 13.2. The lowest BCUT2D eigenvalue weighted by Crippen LogP contribution is -2.57. The van der Waals surface area contributed by atoms with E-state index in [1.54, 1.807) is 29.2 Å². The van der Waals surface area contributed by atoms with Gasteiger partial charge in [0.1, 0.15) is 6.04 Å². The molecule has 0 bridgehead atoms. The summed E-state index contributed by atoms with van der Waals surface area (Å²) in [4.78, 5) is 50.5. The monoisotopic (exact) mass is 807 g/mol. The number of nitrogens with zero attached hydrogens (tertiary/aromatic N) is 6. The van der Waals surface area contributed by atoms with E-state index in [0.29, 0.717) is 38.4 Å². The highest BCUT2D eigenvalue weighted by Crippen LogP contribution is 2.41. The first-order valence-corrected chi connectivity index (χ1v) is 21.7. The lowest BCUT2D eigenvalue weighted by atomic mass is 10.0. The number of piperazine rings is 1. The standard InChI is InChI=1S/C42H49N9O6S/c1-42-23-8-11-33(29-13-19-32(20-14-29)58(2,56)57)51(42)46-40(45-42)43-30-15-17-31(18-16-30)47-25-27-48(28-26-47)38(53)12-4-3-7-24-49-34-9-5-6-10-35(34)50(41(49)55)36-21-22-37(52)44-39(36)54/h5-6,8-11,13-20,23,36,41,55H,3-4,7,12,21-22,24-28H2,1-2H3,(H2,43,45,46)(H,44,52,54). The van der Waals surface area contributed by atoms with E-state index >= 15 is 0 Å².